The van der Waals surface area contributed by atoms with E-state index in [0.29, 0.717) is 11.3 Å². The number of anilines is 1. The maximum atomic E-state index is 12.3. The van der Waals surface area contributed by atoms with Gasteiger partial charge in [-0.25, -0.2) is 5.43 Å². The molecule has 0 atom stereocenters. The van der Waals surface area contributed by atoms with Crippen molar-refractivity contribution in [3.63, 3.8) is 0 Å². The second-order valence-electron chi connectivity index (χ2n) is 5.94. The fourth-order valence-electron chi connectivity index (χ4n) is 2.48. The first kappa shape index (κ1) is 17.4. The molecule has 5 heteroatoms. The summed E-state index contributed by atoms with van der Waals surface area (Å²) in [6.45, 7) is 0. The lowest BCUT2D eigenvalue weighted by Gasteiger charge is -2.13. The van der Waals surface area contributed by atoms with E-state index in [1.54, 1.807) is 24.5 Å². The van der Waals surface area contributed by atoms with E-state index in [1.165, 1.54) is 0 Å². The quantitative estimate of drug-likeness (QED) is 0.570. The summed E-state index contributed by atoms with van der Waals surface area (Å²) in [6, 6.07) is 21.1. The molecule has 1 aromatic heterocycles. The van der Waals surface area contributed by atoms with Gasteiger partial charge in [0.25, 0.3) is 5.91 Å². The lowest BCUT2D eigenvalue weighted by molar-refractivity contribution is 0.0955. The minimum Gasteiger partial charge on any atom is -0.378 e. The van der Waals surface area contributed by atoms with Crippen molar-refractivity contribution in [1.82, 2.24) is 10.4 Å². The molecule has 0 fully saturated rings. The van der Waals surface area contributed by atoms with E-state index in [-0.39, 0.29) is 5.91 Å². The van der Waals surface area contributed by atoms with Gasteiger partial charge in [-0.05, 0) is 24.3 Å². The summed E-state index contributed by atoms with van der Waals surface area (Å²) in [6.07, 6.45) is 3.16. The number of pyridine rings is 1. The van der Waals surface area contributed by atoms with E-state index in [1.807, 2.05) is 73.6 Å². The van der Waals surface area contributed by atoms with Crippen molar-refractivity contribution in [2.75, 3.05) is 19.0 Å². The van der Waals surface area contributed by atoms with Crippen LogP contribution in [0.3, 0.4) is 0 Å². The van der Waals surface area contributed by atoms with Gasteiger partial charge in [-0.3, -0.25) is 9.78 Å². The zero-order chi connectivity index (χ0) is 18.4. The number of nitrogens with one attached hydrogen (secondary N) is 1. The van der Waals surface area contributed by atoms with Crippen LogP contribution in [0.15, 0.2) is 84.2 Å². The molecule has 0 aliphatic heterocycles. The molecule has 1 N–H and O–H groups in total. The number of amides is 1. The van der Waals surface area contributed by atoms with Crippen LogP contribution in [0.25, 0.3) is 0 Å². The monoisotopic (exact) mass is 344 g/mol. The highest BCUT2D eigenvalue weighted by Gasteiger charge is 2.10. The van der Waals surface area contributed by atoms with E-state index in [0.717, 1.165) is 16.8 Å². The second kappa shape index (κ2) is 8.07. The molecular weight excluding hydrogens is 324 g/mol. The van der Waals surface area contributed by atoms with Gasteiger partial charge < -0.3 is 4.90 Å². The molecule has 0 saturated heterocycles. The molecule has 1 amide bonds. The molecule has 0 unspecified atom stereocenters. The Balaban J connectivity index is 1.92. The zero-order valence-corrected chi connectivity index (χ0v) is 14.8. The maximum absolute atomic E-state index is 12.3. The van der Waals surface area contributed by atoms with Crippen LogP contribution < -0.4 is 10.3 Å². The third kappa shape index (κ3) is 4.13. The number of benzene rings is 2. The van der Waals surface area contributed by atoms with Crippen LogP contribution in [0.1, 0.15) is 21.5 Å². The van der Waals surface area contributed by atoms with Gasteiger partial charge >= 0.3 is 0 Å². The molecule has 1 heterocycles. The molecule has 26 heavy (non-hydrogen) atoms. The average molecular weight is 344 g/mol. The number of rotatable bonds is 5. The fraction of sp³-hybridized carbons (Fsp3) is 0.0952. The van der Waals surface area contributed by atoms with E-state index >= 15 is 0 Å². The number of aromatic nitrogens is 1. The molecule has 0 aliphatic rings. The summed E-state index contributed by atoms with van der Waals surface area (Å²) < 4.78 is 0. The van der Waals surface area contributed by atoms with Gasteiger partial charge in [-0.1, -0.05) is 42.5 Å². The molecule has 0 spiro atoms. The van der Waals surface area contributed by atoms with Crippen molar-refractivity contribution in [3.05, 3.63) is 95.8 Å². The lowest BCUT2D eigenvalue weighted by Crippen LogP contribution is -2.20. The first-order chi connectivity index (χ1) is 12.6. The topological polar surface area (TPSA) is 57.6 Å². The van der Waals surface area contributed by atoms with Crippen LogP contribution in [-0.4, -0.2) is 30.7 Å². The van der Waals surface area contributed by atoms with Crippen molar-refractivity contribution in [1.29, 1.82) is 0 Å². The number of hydrogen-bond donors (Lipinski definition) is 1. The summed E-state index contributed by atoms with van der Waals surface area (Å²) in [7, 11) is 3.99. The molecular formula is C21H20N4O. The van der Waals surface area contributed by atoms with Crippen LogP contribution in [0, 0.1) is 0 Å². The lowest BCUT2D eigenvalue weighted by atomic mass is 10.0. The highest BCUT2D eigenvalue weighted by Crippen LogP contribution is 2.16. The summed E-state index contributed by atoms with van der Waals surface area (Å²) in [4.78, 5) is 18.3. The average Bonchev–Trinajstić information content (AvgIpc) is 2.70. The van der Waals surface area contributed by atoms with Gasteiger partial charge in [0.1, 0.15) is 0 Å². The Kier molecular flexibility index (Phi) is 5.39. The molecule has 3 aromatic rings. The number of carbonyl (C=O) groups is 1. The highest BCUT2D eigenvalue weighted by molar-refractivity contribution is 6.13. The first-order valence-corrected chi connectivity index (χ1v) is 8.26. The molecule has 0 radical (unpaired) electrons. The summed E-state index contributed by atoms with van der Waals surface area (Å²) in [5, 5.41) is 4.40. The number of hydrogen-bond acceptors (Lipinski definition) is 4. The van der Waals surface area contributed by atoms with Crippen LogP contribution >= 0.6 is 0 Å². The first-order valence-electron chi connectivity index (χ1n) is 8.26. The number of nitrogens with zero attached hydrogens (tertiary/aromatic N) is 3. The molecule has 3 rings (SSSR count). The van der Waals surface area contributed by atoms with Crippen LogP contribution in [0.4, 0.5) is 5.69 Å². The van der Waals surface area contributed by atoms with E-state index in [9.17, 15) is 4.79 Å². The minimum absolute atomic E-state index is 0.272. The van der Waals surface area contributed by atoms with Crippen LogP contribution in [0.2, 0.25) is 0 Å². The predicted octanol–water partition coefficient (Wildman–Crippen LogP) is 3.33. The van der Waals surface area contributed by atoms with Crippen molar-refractivity contribution in [2.45, 2.75) is 0 Å². The number of carbonyl (C=O) groups excluding carboxylic acids is 1. The zero-order valence-electron chi connectivity index (χ0n) is 14.8. The van der Waals surface area contributed by atoms with Crippen molar-refractivity contribution < 1.29 is 4.79 Å². The van der Waals surface area contributed by atoms with Crippen molar-refractivity contribution in [3.8, 4) is 0 Å². The van der Waals surface area contributed by atoms with E-state index in [4.69, 9.17) is 0 Å². The molecule has 130 valence electrons. The van der Waals surface area contributed by atoms with Crippen molar-refractivity contribution >= 4 is 17.3 Å². The third-order valence-corrected chi connectivity index (χ3v) is 3.92. The predicted molar refractivity (Wildman–Crippen MR) is 105 cm³/mol. The molecule has 2 aromatic carbocycles. The van der Waals surface area contributed by atoms with Gasteiger partial charge in [0.05, 0.1) is 5.71 Å². The number of hydrazone groups is 1. The summed E-state index contributed by atoms with van der Waals surface area (Å²) in [5.74, 6) is -0.272. The van der Waals surface area contributed by atoms with Crippen LogP contribution in [0.5, 0.6) is 0 Å². The van der Waals surface area contributed by atoms with Gasteiger partial charge in [0.2, 0.25) is 0 Å². The van der Waals surface area contributed by atoms with Crippen LogP contribution in [-0.2, 0) is 0 Å². The smallest absolute Gasteiger partial charge is 0.271 e. The standard InChI is InChI=1S/C21H20N4O/c1-25(2)19-10-8-17(9-11-19)20(16-6-4-3-5-7-16)23-24-21(26)18-12-14-22-15-13-18/h3-15H,1-2H3,(H,24,26)/b23-20+. The molecule has 5 nitrogen and oxygen atoms in total. The molecule has 0 bridgehead atoms. The van der Waals surface area contributed by atoms with Gasteiger partial charge in [0.15, 0.2) is 0 Å². The molecule has 0 saturated carbocycles. The van der Waals surface area contributed by atoms with E-state index in [2.05, 4.69) is 15.5 Å². The van der Waals surface area contributed by atoms with Gasteiger partial charge in [-0.15, -0.1) is 0 Å². The Morgan fingerprint density at radius 2 is 1.46 bits per heavy atom. The SMILES string of the molecule is CN(C)c1ccc(/C(=N/NC(=O)c2ccncc2)c2ccccc2)cc1. The van der Waals surface area contributed by atoms with Crippen molar-refractivity contribution in [2.24, 2.45) is 5.10 Å². The second-order valence-corrected chi connectivity index (χ2v) is 5.94. The fourth-order valence-corrected chi connectivity index (χ4v) is 2.48. The third-order valence-electron chi connectivity index (χ3n) is 3.92. The Labute approximate surface area is 153 Å². The summed E-state index contributed by atoms with van der Waals surface area (Å²) >= 11 is 0. The minimum atomic E-state index is -0.272. The van der Waals surface area contributed by atoms with Gasteiger partial charge in [0, 0.05) is 48.9 Å². The summed E-state index contributed by atoms with van der Waals surface area (Å²) in [5.41, 5.74) is 6.82. The van der Waals surface area contributed by atoms with Gasteiger partial charge in [-0.2, -0.15) is 5.10 Å². The maximum Gasteiger partial charge on any atom is 0.271 e. The van der Waals surface area contributed by atoms with E-state index < -0.39 is 0 Å². The Morgan fingerprint density at radius 3 is 2.08 bits per heavy atom. The highest BCUT2D eigenvalue weighted by atomic mass is 16.2. The normalized spacial score (nSPS) is 11.1. The largest absolute Gasteiger partial charge is 0.378 e. The Morgan fingerprint density at radius 1 is 0.846 bits per heavy atom. The Bertz CT molecular complexity index is 888. The molecule has 0 aliphatic carbocycles. The Hall–Kier alpha value is -3.47.